The number of rotatable bonds is 8. The van der Waals surface area contributed by atoms with E-state index in [1.54, 1.807) is 32.6 Å². The fourth-order valence-corrected chi connectivity index (χ4v) is 7.97. The first-order valence-corrected chi connectivity index (χ1v) is 13.9. The first-order valence-electron chi connectivity index (χ1n) is 13.9. The smallest absolute Gasteiger partial charge is 0.246 e. The third-order valence-electron chi connectivity index (χ3n) is 9.24. The highest BCUT2D eigenvalue weighted by Crippen LogP contribution is 2.64. The van der Waals surface area contributed by atoms with Crippen LogP contribution in [0.1, 0.15) is 56.7 Å². The fourth-order valence-electron chi connectivity index (χ4n) is 7.97. The minimum atomic E-state index is -0.178. The number of piperidine rings is 1. The number of hydrogen-bond acceptors (Lipinski definition) is 6. The van der Waals surface area contributed by atoms with Gasteiger partial charge in [-0.2, -0.15) is 0 Å². The normalized spacial score (nSPS) is 29.3. The second kappa shape index (κ2) is 9.60. The predicted octanol–water partition coefficient (Wildman–Crippen LogP) is 4.48. The summed E-state index contributed by atoms with van der Waals surface area (Å²) in [6, 6.07) is 6.33. The van der Waals surface area contributed by atoms with Gasteiger partial charge < -0.3 is 18.8 Å². The van der Waals surface area contributed by atoms with Gasteiger partial charge in [0.15, 0.2) is 11.5 Å². The number of ketones is 1. The zero-order chi connectivity index (χ0) is 26.6. The number of furan rings is 1. The quantitative estimate of drug-likeness (QED) is 0.480. The summed E-state index contributed by atoms with van der Waals surface area (Å²) in [4.78, 5) is 30.4. The molecule has 0 unspecified atom stereocenters. The second-order valence-electron chi connectivity index (χ2n) is 11.9. The van der Waals surface area contributed by atoms with E-state index in [-0.39, 0.29) is 29.3 Å². The molecule has 202 valence electrons. The molecule has 6 rings (SSSR count). The first-order chi connectivity index (χ1) is 18.3. The van der Waals surface area contributed by atoms with Gasteiger partial charge in [0.2, 0.25) is 5.91 Å². The van der Waals surface area contributed by atoms with Crippen LogP contribution < -0.4 is 9.47 Å². The Hall–Kier alpha value is -3.06. The lowest BCUT2D eigenvalue weighted by Gasteiger charge is -2.60. The Bertz CT molecular complexity index is 1250. The minimum absolute atomic E-state index is 0.00729. The standard InChI is InChI=1S/C31H38N2O5/c1-19(2)16-33(27(35)10-5-21-11-14-37-18-21)24-8-7-23-25-15-22-6-9-26(36-4)29-28(22)31(23,30(24)38-29)12-13-32(25)17-20(3)34/h5-6,9-11,14,18-19,23-25,30H,7-8,12-13,15-17H2,1-4H3/t23-,24-,25+,30-,31-/m0/s1. The molecule has 2 aliphatic heterocycles. The molecule has 1 amide bonds. The topological polar surface area (TPSA) is 72.2 Å². The van der Waals surface area contributed by atoms with Crippen LogP contribution in [0.5, 0.6) is 11.5 Å². The molecule has 1 aromatic heterocycles. The van der Waals surface area contributed by atoms with Gasteiger partial charge in [-0.05, 0) is 74.8 Å². The number of methoxy groups -OCH3 is 1. The monoisotopic (exact) mass is 518 g/mol. The molecule has 1 saturated heterocycles. The van der Waals surface area contributed by atoms with Gasteiger partial charge in [0.05, 0.1) is 32.2 Å². The number of Topliss-reactive ketones (excluding diaryl/α,β-unsaturated/α-hetero) is 1. The number of likely N-dealkylation sites (tertiary alicyclic amines) is 1. The molecular weight excluding hydrogens is 480 g/mol. The summed E-state index contributed by atoms with van der Waals surface area (Å²) in [5.74, 6) is 2.57. The maximum atomic E-state index is 13.7. The number of carbonyl (C=O) groups is 2. The van der Waals surface area contributed by atoms with Crippen LogP contribution in [0.15, 0.2) is 41.2 Å². The van der Waals surface area contributed by atoms with Crippen molar-refractivity contribution in [3.8, 4) is 11.5 Å². The van der Waals surface area contributed by atoms with Crippen molar-refractivity contribution in [1.82, 2.24) is 9.80 Å². The van der Waals surface area contributed by atoms with Crippen LogP contribution in [-0.4, -0.2) is 66.4 Å². The molecule has 38 heavy (non-hydrogen) atoms. The van der Waals surface area contributed by atoms with E-state index in [1.165, 1.54) is 11.1 Å². The van der Waals surface area contributed by atoms with Crippen LogP contribution in [-0.2, 0) is 21.4 Å². The molecule has 7 nitrogen and oxygen atoms in total. The summed E-state index contributed by atoms with van der Waals surface area (Å²) in [6.07, 6.45) is 10.3. The Morgan fingerprint density at radius 1 is 1.26 bits per heavy atom. The van der Waals surface area contributed by atoms with Crippen molar-refractivity contribution in [2.45, 2.75) is 70.1 Å². The highest BCUT2D eigenvalue weighted by atomic mass is 16.5. The Labute approximate surface area is 224 Å². The third-order valence-corrected chi connectivity index (χ3v) is 9.24. The van der Waals surface area contributed by atoms with Crippen molar-refractivity contribution in [1.29, 1.82) is 0 Å². The summed E-state index contributed by atoms with van der Waals surface area (Å²) < 4.78 is 17.9. The van der Waals surface area contributed by atoms with Gasteiger partial charge in [0.1, 0.15) is 11.9 Å². The molecule has 2 aliphatic carbocycles. The minimum Gasteiger partial charge on any atom is -0.493 e. The van der Waals surface area contributed by atoms with Gasteiger partial charge in [0.25, 0.3) is 0 Å². The maximum absolute atomic E-state index is 13.7. The molecule has 5 atom stereocenters. The van der Waals surface area contributed by atoms with Gasteiger partial charge in [-0.1, -0.05) is 19.9 Å². The van der Waals surface area contributed by atoms with Crippen LogP contribution in [0.4, 0.5) is 0 Å². The van der Waals surface area contributed by atoms with Crippen LogP contribution in [0.25, 0.3) is 6.08 Å². The molecule has 3 heterocycles. The van der Waals surface area contributed by atoms with E-state index in [0.717, 1.165) is 49.3 Å². The fraction of sp³-hybridized carbons (Fsp3) is 0.548. The number of amides is 1. The summed E-state index contributed by atoms with van der Waals surface area (Å²) >= 11 is 0. The van der Waals surface area contributed by atoms with E-state index < -0.39 is 0 Å². The Balaban J connectivity index is 1.41. The van der Waals surface area contributed by atoms with E-state index in [0.29, 0.717) is 31.0 Å². The average molecular weight is 519 g/mol. The maximum Gasteiger partial charge on any atom is 0.246 e. The Kier molecular flexibility index (Phi) is 6.37. The molecule has 2 fully saturated rings. The van der Waals surface area contributed by atoms with Crippen molar-refractivity contribution in [2.75, 3.05) is 26.7 Å². The average Bonchev–Trinajstić information content (AvgIpc) is 3.53. The van der Waals surface area contributed by atoms with Crippen LogP contribution in [0.2, 0.25) is 0 Å². The zero-order valence-corrected chi connectivity index (χ0v) is 22.8. The van der Waals surface area contributed by atoms with Crippen molar-refractivity contribution in [3.05, 3.63) is 53.5 Å². The lowest BCUT2D eigenvalue weighted by atomic mass is 9.51. The molecule has 1 saturated carbocycles. The highest BCUT2D eigenvalue weighted by Gasteiger charge is 2.66. The summed E-state index contributed by atoms with van der Waals surface area (Å²) in [7, 11) is 1.70. The number of carbonyl (C=O) groups excluding carboxylic acids is 2. The molecule has 0 radical (unpaired) electrons. The van der Waals surface area contributed by atoms with Crippen molar-refractivity contribution >= 4 is 17.8 Å². The van der Waals surface area contributed by atoms with E-state index in [1.807, 2.05) is 18.2 Å². The van der Waals surface area contributed by atoms with E-state index >= 15 is 0 Å². The first kappa shape index (κ1) is 25.2. The number of ether oxygens (including phenoxy) is 2. The van der Waals surface area contributed by atoms with Gasteiger partial charge in [-0.3, -0.25) is 14.5 Å². The van der Waals surface area contributed by atoms with Gasteiger partial charge in [-0.15, -0.1) is 0 Å². The number of hydrogen-bond donors (Lipinski definition) is 0. The molecule has 0 N–H and O–H groups in total. The predicted molar refractivity (Wildman–Crippen MR) is 144 cm³/mol. The third kappa shape index (κ3) is 3.89. The molecule has 2 aromatic rings. The lowest BCUT2D eigenvalue weighted by molar-refractivity contribution is -0.139. The second-order valence-corrected chi connectivity index (χ2v) is 11.9. The largest absolute Gasteiger partial charge is 0.493 e. The SMILES string of the molecule is COc1ccc2c3c1O[C@H]1[C@@H](N(CC(C)C)C(=O)C=Cc4ccoc4)CC[C@H]4[C@@H](C2)N(CC(C)=O)CC[C@@]341. The molecular formula is C31H38N2O5. The van der Waals surface area contributed by atoms with Gasteiger partial charge in [-0.25, -0.2) is 0 Å². The Morgan fingerprint density at radius 2 is 2.11 bits per heavy atom. The molecule has 4 aliphatic rings. The summed E-state index contributed by atoms with van der Waals surface area (Å²) in [5.41, 5.74) is 3.31. The van der Waals surface area contributed by atoms with E-state index in [9.17, 15) is 9.59 Å². The number of nitrogens with zero attached hydrogens (tertiary/aromatic N) is 2. The summed E-state index contributed by atoms with van der Waals surface area (Å²) in [5, 5.41) is 0. The Morgan fingerprint density at radius 3 is 2.82 bits per heavy atom. The molecule has 1 spiro atoms. The molecule has 7 heteroatoms. The van der Waals surface area contributed by atoms with Gasteiger partial charge >= 0.3 is 0 Å². The molecule has 2 bridgehead atoms. The zero-order valence-electron chi connectivity index (χ0n) is 22.8. The summed E-state index contributed by atoms with van der Waals surface area (Å²) in [6.45, 7) is 8.04. The van der Waals surface area contributed by atoms with E-state index in [4.69, 9.17) is 13.9 Å². The van der Waals surface area contributed by atoms with Crippen molar-refractivity contribution in [3.63, 3.8) is 0 Å². The van der Waals surface area contributed by atoms with Crippen LogP contribution in [0, 0.1) is 11.8 Å². The lowest BCUT2D eigenvalue weighted by Crippen LogP contribution is -2.69. The highest BCUT2D eigenvalue weighted by molar-refractivity contribution is 5.92. The van der Waals surface area contributed by atoms with Gasteiger partial charge in [0, 0.05) is 35.2 Å². The van der Waals surface area contributed by atoms with Crippen LogP contribution >= 0.6 is 0 Å². The van der Waals surface area contributed by atoms with E-state index in [2.05, 4.69) is 29.7 Å². The van der Waals surface area contributed by atoms with Crippen molar-refractivity contribution in [2.24, 2.45) is 11.8 Å². The molecule has 1 aromatic carbocycles. The number of benzene rings is 1. The van der Waals surface area contributed by atoms with Crippen molar-refractivity contribution < 1.29 is 23.5 Å². The van der Waals surface area contributed by atoms with Crippen LogP contribution in [0.3, 0.4) is 0 Å².